The Morgan fingerprint density at radius 2 is 1.89 bits per heavy atom. The number of pyridine rings is 1. The molecule has 1 aliphatic heterocycles. The smallest absolute Gasteiger partial charge is 0.313 e. The summed E-state index contributed by atoms with van der Waals surface area (Å²) in [4.78, 5) is 29.6. The Morgan fingerprint density at radius 3 is 2.48 bits per heavy atom. The van der Waals surface area contributed by atoms with Crippen molar-refractivity contribution in [2.24, 2.45) is 5.41 Å². The van der Waals surface area contributed by atoms with Crippen LogP contribution in [0.2, 0.25) is 0 Å². The molecule has 1 amide bonds. The highest BCUT2D eigenvalue weighted by molar-refractivity contribution is 5.83. The molecule has 0 radical (unpaired) electrons. The molecule has 1 aliphatic rings. The highest BCUT2D eigenvalue weighted by Crippen LogP contribution is 2.34. The molecule has 0 saturated carbocycles. The first kappa shape index (κ1) is 19.0. The molecule has 1 aromatic heterocycles. The van der Waals surface area contributed by atoms with Gasteiger partial charge in [-0.1, -0.05) is 30.4 Å². The van der Waals surface area contributed by atoms with Crippen molar-refractivity contribution in [3.8, 4) is 0 Å². The van der Waals surface area contributed by atoms with Crippen LogP contribution in [0.5, 0.6) is 0 Å². The summed E-state index contributed by atoms with van der Waals surface area (Å²) in [5.41, 5.74) is 1.25. The summed E-state index contributed by atoms with van der Waals surface area (Å²) in [6, 6.07) is 9.44. The molecule has 142 valence electrons. The van der Waals surface area contributed by atoms with Crippen LogP contribution in [-0.4, -0.2) is 45.1 Å². The number of fused-ring (bicyclic) bond motifs is 1. The molecular weight excluding hydrogens is 344 g/mol. The molecule has 1 atom stereocenters. The molecule has 1 aromatic carbocycles. The average molecular weight is 368 g/mol. The number of hydrogen-bond donors (Lipinski definition) is 2. The lowest BCUT2D eigenvalue weighted by molar-refractivity contribution is -0.150. The summed E-state index contributed by atoms with van der Waals surface area (Å²) in [6.07, 6.45) is 3.71. The second kappa shape index (κ2) is 7.48. The number of carbonyl (C=O) groups is 2. The van der Waals surface area contributed by atoms with Crippen LogP contribution in [0.25, 0.3) is 17.0 Å². The second-order valence-electron chi connectivity index (χ2n) is 7.16. The van der Waals surface area contributed by atoms with E-state index in [9.17, 15) is 19.8 Å². The van der Waals surface area contributed by atoms with Crippen molar-refractivity contribution in [2.45, 2.75) is 32.8 Å². The second-order valence-corrected chi connectivity index (χ2v) is 7.16. The maximum Gasteiger partial charge on any atom is 0.313 e. The van der Waals surface area contributed by atoms with Crippen molar-refractivity contribution in [3.05, 3.63) is 47.7 Å². The summed E-state index contributed by atoms with van der Waals surface area (Å²) in [5.74, 6) is -0.884. The van der Waals surface area contributed by atoms with E-state index in [0.29, 0.717) is 31.6 Å². The summed E-state index contributed by atoms with van der Waals surface area (Å²) < 4.78 is 0. The minimum atomic E-state index is -0.963. The predicted molar refractivity (Wildman–Crippen MR) is 103 cm³/mol. The third-order valence-corrected chi connectivity index (χ3v) is 5.29. The highest BCUT2D eigenvalue weighted by atomic mass is 16.4. The quantitative estimate of drug-likeness (QED) is 0.866. The third kappa shape index (κ3) is 4.01. The molecule has 1 fully saturated rings. The van der Waals surface area contributed by atoms with Gasteiger partial charge in [0.1, 0.15) is 0 Å². The number of rotatable bonds is 4. The van der Waals surface area contributed by atoms with Gasteiger partial charge in [-0.2, -0.15) is 0 Å². The van der Waals surface area contributed by atoms with E-state index in [1.54, 1.807) is 24.0 Å². The number of amides is 1. The van der Waals surface area contributed by atoms with Crippen molar-refractivity contribution in [3.63, 3.8) is 0 Å². The normalized spacial score (nSPS) is 18.0. The third-order valence-electron chi connectivity index (χ3n) is 5.29. The van der Waals surface area contributed by atoms with E-state index in [-0.39, 0.29) is 5.91 Å². The lowest BCUT2D eigenvalue weighted by Gasteiger charge is -2.36. The Hall–Kier alpha value is -2.73. The monoisotopic (exact) mass is 368 g/mol. The van der Waals surface area contributed by atoms with Gasteiger partial charge in [-0.05, 0) is 37.5 Å². The van der Waals surface area contributed by atoms with Crippen LogP contribution in [0, 0.1) is 5.41 Å². The zero-order chi connectivity index (χ0) is 19.6. The van der Waals surface area contributed by atoms with Crippen molar-refractivity contribution < 1.29 is 19.8 Å². The van der Waals surface area contributed by atoms with Crippen molar-refractivity contribution in [2.75, 3.05) is 13.1 Å². The fourth-order valence-electron chi connectivity index (χ4n) is 3.41. The number of carboxylic acids is 1. The topological polar surface area (TPSA) is 90.7 Å². The standard InChI is InChI=1S/C21H24N2O4/c1-14(24)18-6-5-17-4-3-16(13-19(17)22-18)7-8-21(20(26)27)9-11-23(12-10-21)15(2)25/h3-8,13-14,24H,9-12H2,1-2H3,(H,26,27)/b8-7+/t14-/m1/s1. The van der Waals surface area contributed by atoms with E-state index < -0.39 is 17.5 Å². The minimum Gasteiger partial charge on any atom is -0.481 e. The van der Waals surface area contributed by atoms with Crippen LogP contribution >= 0.6 is 0 Å². The lowest BCUT2D eigenvalue weighted by Crippen LogP contribution is -2.45. The molecule has 6 heteroatoms. The largest absolute Gasteiger partial charge is 0.481 e. The number of nitrogens with zero attached hydrogens (tertiary/aromatic N) is 2. The van der Waals surface area contributed by atoms with E-state index in [1.165, 1.54) is 6.92 Å². The Balaban J connectivity index is 1.86. The number of aliphatic carboxylic acids is 1. The molecule has 6 nitrogen and oxygen atoms in total. The van der Waals surface area contributed by atoms with Crippen LogP contribution in [0.1, 0.15) is 44.1 Å². The van der Waals surface area contributed by atoms with Crippen LogP contribution in [0.4, 0.5) is 0 Å². The van der Waals surface area contributed by atoms with E-state index in [4.69, 9.17) is 0 Å². The zero-order valence-corrected chi connectivity index (χ0v) is 15.6. The van der Waals surface area contributed by atoms with Gasteiger partial charge in [0.05, 0.1) is 22.7 Å². The van der Waals surface area contributed by atoms with Crippen LogP contribution < -0.4 is 0 Å². The molecule has 0 unspecified atom stereocenters. The number of benzene rings is 1. The van der Waals surface area contributed by atoms with Gasteiger partial charge in [0, 0.05) is 25.4 Å². The number of carbonyl (C=O) groups excluding carboxylic acids is 1. The van der Waals surface area contributed by atoms with Crippen molar-refractivity contribution in [1.82, 2.24) is 9.88 Å². The molecule has 2 aromatic rings. The Labute approximate surface area is 158 Å². The van der Waals surface area contributed by atoms with E-state index in [2.05, 4.69) is 4.98 Å². The van der Waals surface area contributed by atoms with E-state index in [0.717, 1.165) is 16.5 Å². The Kier molecular flexibility index (Phi) is 5.28. The number of aromatic nitrogens is 1. The summed E-state index contributed by atoms with van der Waals surface area (Å²) in [7, 11) is 0. The van der Waals surface area contributed by atoms with E-state index in [1.807, 2.05) is 30.3 Å². The summed E-state index contributed by atoms with van der Waals surface area (Å²) in [5, 5.41) is 20.4. The van der Waals surface area contributed by atoms with Gasteiger partial charge in [-0.3, -0.25) is 14.6 Å². The number of aliphatic hydroxyl groups excluding tert-OH is 1. The van der Waals surface area contributed by atoms with Crippen LogP contribution in [-0.2, 0) is 9.59 Å². The van der Waals surface area contributed by atoms with Gasteiger partial charge in [-0.25, -0.2) is 0 Å². The molecule has 0 bridgehead atoms. The van der Waals surface area contributed by atoms with Gasteiger partial charge in [0.15, 0.2) is 0 Å². The molecule has 2 N–H and O–H groups in total. The number of aliphatic hydroxyl groups is 1. The first-order valence-corrected chi connectivity index (χ1v) is 9.08. The average Bonchev–Trinajstić information content (AvgIpc) is 2.65. The molecule has 0 aliphatic carbocycles. The van der Waals surface area contributed by atoms with Gasteiger partial charge in [0.25, 0.3) is 0 Å². The minimum absolute atomic E-state index is 0.0208. The van der Waals surface area contributed by atoms with Crippen molar-refractivity contribution >= 4 is 28.9 Å². The fourth-order valence-corrected chi connectivity index (χ4v) is 3.41. The molecule has 27 heavy (non-hydrogen) atoms. The summed E-state index contributed by atoms with van der Waals surface area (Å²) >= 11 is 0. The predicted octanol–water partition coefficient (Wildman–Crippen LogP) is 3.01. The fraction of sp³-hybridized carbons (Fsp3) is 0.381. The van der Waals surface area contributed by atoms with Gasteiger partial charge in [0.2, 0.25) is 5.91 Å². The lowest BCUT2D eigenvalue weighted by atomic mass is 9.77. The maximum atomic E-state index is 11.9. The zero-order valence-electron chi connectivity index (χ0n) is 15.6. The SMILES string of the molecule is CC(=O)N1CCC(/C=C/c2ccc3ccc([C@@H](C)O)nc3c2)(C(=O)O)CC1. The van der Waals surface area contributed by atoms with Crippen molar-refractivity contribution in [1.29, 1.82) is 0 Å². The molecular formula is C21H24N2O4. The van der Waals surface area contributed by atoms with Gasteiger partial charge >= 0.3 is 5.97 Å². The number of hydrogen-bond acceptors (Lipinski definition) is 4. The first-order chi connectivity index (χ1) is 12.8. The van der Waals surface area contributed by atoms with Gasteiger partial charge in [-0.15, -0.1) is 0 Å². The van der Waals surface area contributed by atoms with Gasteiger partial charge < -0.3 is 15.1 Å². The molecule has 0 spiro atoms. The van der Waals surface area contributed by atoms with Crippen LogP contribution in [0.3, 0.4) is 0 Å². The summed E-state index contributed by atoms with van der Waals surface area (Å²) in [6.45, 7) is 4.07. The molecule has 1 saturated heterocycles. The van der Waals surface area contributed by atoms with Crippen LogP contribution in [0.15, 0.2) is 36.4 Å². The molecule has 2 heterocycles. The van der Waals surface area contributed by atoms with E-state index >= 15 is 0 Å². The number of carboxylic acid groups (broad SMARTS) is 1. The molecule has 3 rings (SSSR count). The Bertz CT molecular complexity index is 896. The first-order valence-electron chi connectivity index (χ1n) is 9.08. The maximum absolute atomic E-state index is 11.9. The Morgan fingerprint density at radius 1 is 1.22 bits per heavy atom. The number of likely N-dealkylation sites (tertiary alicyclic amines) is 1. The highest BCUT2D eigenvalue weighted by Gasteiger charge is 2.39. The number of piperidine rings is 1.